The second-order valence-electron chi connectivity index (χ2n) is 4.05. The lowest BCUT2D eigenvalue weighted by Crippen LogP contribution is -2.20. The Morgan fingerprint density at radius 3 is 2.44 bits per heavy atom. The van der Waals surface area contributed by atoms with Gasteiger partial charge in [-0.15, -0.1) is 0 Å². The number of halogens is 2. The summed E-state index contributed by atoms with van der Waals surface area (Å²) >= 11 is 5.79. The van der Waals surface area contributed by atoms with E-state index in [-0.39, 0.29) is 5.56 Å². The van der Waals surface area contributed by atoms with Gasteiger partial charge in [0, 0.05) is 10.6 Å². The predicted octanol–water partition coefficient (Wildman–Crippen LogP) is 3.21. The van der Waals surface area contributed by atoms with Crippen molar-refractivity contribution in [3.05, 3.63) is 70.5 Å². The van der Waals surface area contributed by atoms with Crippen LogP contribution in [0, 0.1) is 5.82 Å². The van der Waals surface area contributed by atoms with E-state index in [1.807, 2.05) is 18.2 Å². The molecule has 0 aliphatic carbocycles. The molecule has 0 aliphatic rings. The van der Waals surface area contributed by atoms with Crippen molar-refractivity contribution in [1.82, 2.24) is 0 Å². The van der Waals surface area contributed by atoms with Crippen molar-refractivity contribution in [3.63, 3.8) is 0 Å². The number of hydrogen-bond donors (Lipinski definition) is 2. The first kappa shape index (κ1) is 13.0. The van der Waals surface area contributed by atoms with Crippen LogP contribution in [0.25, 0.3) is 0 Å². The molecule has 0 aliphatic heterocycles. The first-order valence-electron chi connectivity index (χ1n) is 5.53. The normalized spacial score (nSPS) is 14.2. The van der Waals surface area contributed by atoms with Crippen LogP contribution >= 0.6 is 11.6 Å². The topological polar surface area (TPSA) is 46.2 Å². The molecule has 2 rings (SSSR count). The van der Waals surface area contributed by atoms with Crippen molar-refractivity contribution in [2.75, 3.05) is 0 Å². The highest BCUT2D eigenvalue weighted by Crippen LogP contribution is 2.29. The summed E-state index contributed by atoms with van der Waals surface area (Å²) in [6.45, 7) is 0. The summed E-state index contributed by atoms with van der Waals surface area (Å²) in [5.41, 5.74) is 6.78. The average molecular weight is 266 g/mol. The summed E-state index contributed by atoms with van der Waals surface area (Å²) in [6.07, 6.45) is -1.13. The van der Waals surface area contributed by atoms with Gasteiger partial charge in [0.25, 0.3) is 0 Å². The monoisotopic (exact) mass is 265 g/mol. The number of rotatable bonds is 3. The molecule has 2 aromatic carbocycles. The third-order valence-electron chi connectivity index (χ3n) is 2.80. The maximum absolute atomic E-state index is 13.6. The zero-order valence-corrected chi connectivity index (χ0v) is 10.3. The van der Waals surface area contributed by atoms with Gasteiger partial charge in [-0.25, -0.2) is 4.39 Å². The lowest BCUT2D eigenvalue weighted by molar-refractivity contribution is 0.142. The summed E-state index contributed by atoms with van der Waals surface area (Å²) in [6, 6.07) is 12.4. The highest BCUT2D eigenvalue weighted by Gasteiger charge is 2.21. The van der Waals surface area contributed by atoms with Gasteiger partial charge < -0.3 is 10.8 Å². The molecule has 3 N–H and O–H groups in total. The van der Waals surface area contributed by atoms with Gasteiger partial charge in [-0.05, 0) is 23.8 Å². The highest BCUT2D eigenvalue weighted by molar-refractivity contribution is 6.30. The minimum absolute atomic E-state index is 0.110. The summed E-state index contributed by atoms with van der Waals surface area (Å²) < 4.78 is 13.6. The SMILES string of the molecule is NC(c1ccccc1)C(O)c1cc(Cl)ccc1F. The molecule has 0 saturated heterocycles. The van der Waals surface area contributed by atoms with E-state index in [9.17, 15) is 9.50 Å². The minimum Gasteiger partial charge on any atom is -0.386 e. The van der Waals surface area contributed by atoms with Crippen molar-refractivity contribution < 1.29 is 9.50 Å². The van der Waals surface area contributed by atoms with Crippen molar-refractivity contribution in [2.45, 2.75) is 12.1 Å². The Morgan fingerprint density at radius 2 is 1.78 bits per heavy atom. The van der Waals surface area contributed by atoms with Crippen LogP contribution in [0.2, 0.25) is 5.02 Å². The molecular weight excluding hydrogens is 253 g/mol. The van der Waals surface area contributed by atoms with Gasteiger partial charge >= 0.3 is 0 Å². The van der Waals surface area contributed by atoms with E-state index in [1.54, 1.807) is 12.1 Å². The van der Waals surface area contributed by atoms with Gasteiger partial charge in [0.1, 0.15) is 11.9 Å². The molecule has 0 amide bonds. The maximum Gasteiger partial charge on any atom is 0.129 e. The number of nitrogens with two attached hydrogens (primary N) is 1. The molecule has 94 valence electrons. The Labute approximate surface area is 110 Å². The quantitative estimate of drug-likeness (QED) is 0.895. The molecule has 0 aromatic heterocycles. The second kappa shape index (κ2) is 5.48. The Balaban J connectivity index is 2.31. The smallest absolute Gasteiger partial charge is 0.129 e. The van der Waals surface area contributed by atoms with Crippen LogP contribution in [-0.2, 0) is 0 Å². The Morgan fingerprint density at radius 1 is 1.11 bits per heavy atom. The molecule has 0 spiro atoms. The van der Waals surface area contributed by atoms with Gasteiger partial charge in [0.05, 0.1) is 6.04 Å². The van der Waals surface area contributed by atoms with Crippen LogP contribution in [-0.4, -0.2) is 5.11 Å². The third-order valence-corrected chi connectivity index (χ3v) is 3.04. The van der Waals surface area contributed by atoms with Crippen molar-refractivity contribution in [3.8, 4) is 0 Å². The summed E-state index contributed by atoms with van der Waals surface area (Å²) in [7, 11) is 0. The van der Waals surface area contributed by atoms with E-state index < -0.39 is 18.0 Å². The largest absolute Gasteiger partial charge is 0.386 e. The van der Waals surface area contributed by atoms with Crippen molar-refractivity contribution >= 4 is 11.6 Å². The van der Waals surface area contributed by atoms with Crippen molar-refractivity contribution in [2.24, 2.45) is 5.73 Å². The average Bonchev–Trinajstić information content (AvgIpc) is 2.41. The molecule has 18 heavy (non-hydrogen) atoms. The summed E-state index contributed by atoms with van der Waals surface area (Å²) in [4.78, 5) is 0. The first-order chi connectivity index (χ1) is 8.59. The van der Waals surface area contributed by atoms with E-state index >= 15 is 0 Å². The number of aliphatic hydroxyl groups excluding tert-OH is 1. The van der Waals surface area contributed by atoms with Crippen LogP contribution in [0.15, 0.2) is 48.5 Å². The van der Waals surface area contributed by atoms with E-state index in [0.29, 0.717) is 5.02 Å². The van der Waals surface area contributed by atoms with Gasteiger partial charge in [-0.2, -0.15) is 0 Å². The van der Waals surface area contributed by atoms with Gasteiger partial charge in [0.15, 0.2) is 0 Å². The summed E-state index contributed by atoms with van der Waals surface area (Å²) in [5.74, 6) is -0.515. The number of benzene rings is 2. The van der Waals surface area contributed by atoms with Crippen LogP contribution < -0.4 is 5.73 Å². The van der Waals surface area contributed by atoms with Crippen molar-refractivity contribution in [1.29, 1.82) is 0 Å². The van der Waals surface area contributed by atoms with Gasteiger partial charge in [-0.1, -0.05) is 41.9 Å². The lowest BCUT2D eigenvalue weighted by Gasteiger charge is -2.20. The minimum atomic E-state index is -1.13. The van der Waals surface area contributed by atoms with Gasteiger partial charge in [0.2, 0.25) is 0 Å². The zero-order chi connectivity index (χ0) is 13.1. The zero-order valence-electron chi connectivity index (χ0n) is 9.55. The molecule has 0 fully saturated rings. The Bertz CT molecular complexity index is 533. The molecule has 0 heterocycles. The molecule has 2 nitrogen and oxygen atoms in total. The standard InChI is InChI=1S/C14H13ClFNO/c15-10-6-7-12(16)11(8-10)14(18)13(17)9-4-2-1-3-5-9/h1-8,13-14,18H,17H2. The van der Waals surface area contributed by atoms with Gasteiger partial charge in [-0.3, -0.25) is 0 Å². The number of aliphatic hydroxyl groups is 1. The highest BCUT2D eigenvalue weighted by atomic mass is 35.5. The van der Waals surface area contributed by atoms with Crippen LogP contribution in [0.3, 0.4) is 0 Å². The first-order valence-corrected chi connectivity index (χ1v) is 5.91. The van der Waals surface area contributed by atoms with E-state index in [0.717, 1.165) is 5.56 Å². The molecular formula is C14H13ClFNO. The molecule has 2 atom stereocenters. The molecule has 0 radical (unpaired) electrons. The maximum atomic E-state index is 13.6. The predicted molar refractivity (Wildman–Crippen MR) is 69.7 cm³/mol. The Hall–Kier alpha value is -1.42. The second-order valence-corrected chi connectivity index (χ2v) is 4.48. The fourth-order valence-corrected chi connectivity index (χ4v) is 1.97. The fourth-order valence-electron chi connectivity index (χ4n) is 1.79. The molecule has 2 aromatic rings. The van der Waals surface area contributed by atoms with Crippen LogP contribution in [0.5, 0.6) is 0 Å². The third kappa shape index (κ3) is 2.70. The van der Waals surface area contributed by atoms with E-state index in [4.69, 9.17) is 17.3 Å². The van der Waals surface area contributed by atoms with Crippen LogP contribution in [0.1, 0.15) is 23.3 Å². The lowest BCUT2D eigenvalue weighted by atomic mass is 9.96. The molecule has 0 saturated carbocycles. The molecule has 4 heteroatoms. The van der Waals surface area contributed by atoms with E-state index in [1.165, 1.54) is 18.2 Å². The molecule has 0 bridgehead atoms. The Kier molecular flexibility index (Phi) is 3.97. The number of hydrogen-bond acceptors (Lipinski definition) is 2. The fraction of sp³-hybridized carbons (Fsp3) is 0.143. The van der Waals surface area contributed by atoms with Crippen LogP contribution in [0.4, 0.5) is 4.39 Å². The summed E-state index contributed by atoms with van der Waals surface area (Å²) in [5, 5.41) is 10.5. The molecule has 2 unspecified atom stereocenters. The van der Waals surface area contributed by atoms with E-state index in [2.05, 4.69) is 0 Å².